The van der Waals surface area contributed by atoms with E-state index in [-0.39, 0.29) is 17.9 Å². The quantitative estimate of drug-likeness (QED) is 0.696. The van der Waals surface area contributed by atoms with Gasteiger partial charge in [-0.15, -0.1) is 0 Å². The van der Waals surface area contributed by atoms with E-state index in [1.807, 2.05) is 13.8 Å². The fraction of sp³-hybridized carbons (Fsp3) is 0.667. The lowest BCUT2D eigenvalue weighted by atomic mass is 10.0. The molecule has 1 aromatic heterocycles. The molecule has 1 heterocycles. The van der Waals surface area contributed by atoms with E-state index in [9.17, 15) is 9.90 Å². The van der Waals surface area contributed by atoms with Crippen LogP contribution >= 0.6 is 0 Å². The molecule has 1 rings (SSSR count). The molecule has 0 aliphatic carbocycles. The highest BCUT2D eigenvalue weighted by Crippen LogP contribution is 2.05. The Balaban J connectivity index is 2.39. The van der Waals surface area contributed by atoms with Crippen molar-refractivity contribution >= 4 is 5.91 Å². The van der Waals surface area contributed by atoms with Gasteiger partial charge in [0, 0.05) is 12.2 Å². The third-order valence-corrected chi connectivity index (χ3v) is 2.60. The standard InChI is InChI=1S/C12H21N3O2/c1-4-10-6-11(15-14-10)12(17)13-7-8(2)5-9(3)16/h6,8-9,16H,4-5,7H2,1-3H3,(H,13,17)(H,14,15). The molecule has 0 aliphatic rings. The molecule has 5 nitrogen and oxygen atoms in total. The van der Waals surface area contributed by atoms with Gasteiger partial charge in [-0.1, -0.05) is 13.8 Å². The number of H-pyrrole nitrogens is 1. The average Bonchev–Trinajstić information content (AvgIpc) is 2.73. The molecule has 5 heteroatoms. The first kappa shape index (κ1) is 13.7. The number of aromatic amines is 1. The van der Waals surface area contributed by atoms with E-state index in [1.54, 1.807) is 13.0 Å². The molecule has 0 bridgehead atoms. The zero-order valence-corrected chi connectivity index (χ0v) is 10.7. The Bertz CT molecular complexity index is 360. The highest BCUT2D eigenvalue weighted by molar-refractivity contribution is 5.92. The van der Waals surface area contributed by atoms with Crippen molar-refractivity contribution in [2.24, 2.45) is 5.92 Å². The summed E-state index contributed by atoms with van der Waals surface area (Å²) in [6.45, 7) is 6.30. The van der Waals surface area contributed by atoms with Crippen molar-refractivity contribution in [1.29, 1.82) is 0 Å². The molecule has 1 aromatic rings. The van der Waals surface area contributed by atoms with E-state index in [0.29, 0.717) is 18.7 Å². The van der Waals surface area contributed by atoms with Crippen LogP contribution in [0, 0.1) is 5.92 Å². The number of hydrogen-bond acceptors (Lipinski definition) is 3. The summed E-state index contributed by atoms with van der Waals surface area (Å²) in [7, 11) is 0. The summed E-state index contributed by atoms with van der Waals surface area (Å²) in [6, 6.07) is 1.76. The second kappa shape index (κ2) is 6.39. The van der Waals surface area contributed by atoms with Gasteiger partial charge in [-0.05, 0) is 31.7 Å². The third-order valence-electron chi connectivity index (χ3n) is 2.60. The number of aliphatic hydroxyl groups excluding tert-OH is 1. The number of aryl methyl sites for hydroxylation is 1. The molecule has 3 N–H and O–H groups in total. The molecular formula is C12H21N3O2. The maximum Gasteiger partial charge on any atom is 0.271 e. The van der Waals surface area contributed by atoms with Crippen molar-refractivity contribution in [2.75, 3.05) is 6.54 Å². The van der Waals surface area contributed by atoms with Crippen molar-refractivity contribution < 1.29 is 9.90 Å². The number of nitrogens with one attached hydrogen (secondary N) is 2. The first-order valence-electron chi connectivity index (χ1n) is 6.03. The summed E-state index contributed by atoms with van der Waals surface area (Å²) in [4.78, 5) is 11.7. The van der Waals surface area contributed by atoms with Crippen molar-refractivity contribution in [1.82, 2.24) is 15.5 Å². The van der Waals surface area contributed by atoms with E-state index >= 15 is 0 Å². The van der Waals surface area contributed by atoms with Crippen LogP contribution in [0.5, 0.6) is 0 Å². The fourth-order valence-corrected chi connectivity index (χ4v) is 1.68. The van der Waals surface area contributed by atoms with Crippen molar-refractivity contribution in [3.8, 4) is 0 Å². The topological polar surface area (TPSA) is 78.0 Å². The molecule has 0 aliphatic heterocycles. The minimum Gasteiger partial charge on any atom is -0.393 e. The lowest BCUT2D eigenvalue weighted by molar-refractivity contribution is 0.0934. The molecule has 0 spiro atoms. The number of aromatic nitrogens is 2. The molecule has 17 heavy (non-hydrogen) atoms. The normalized spacial score (nSPS) is 14.4. The van der Waals surface area contributed by atoms with Crippen LogP contribution < -0.4 is 5.32 Å². The van der Waals surface area contributed by atoms with Gasteiger partial charge in [0.15, 0.2) is 0 Å². The second-order valence-electron chi connectivity index (χ2n) is 4.53. The van der Waals surface area contributed by atoms with Crippen molar-refractivity contribution in [3.63, 3.8) is 0 Å². The summed E-state index contributed by atoms with van der Waals surface area (Å²) < 4.78 is 0. The number of rotatable bonds is 6. The lowest BCUT2D eigenvalue weighted by Crippen LogP contribution is -2.29. The zero-order valence-electron chi connectivity index (χ0n) is 10.7. The van der Waals surface area contributed by atoms with Gasteiger partial charge < -0.3 is 10.4 Å². The Labute approximate surface area is 102 Å². The maximum atomic E-state index is 11.7. The van der Waals surface area contributed by atoms with Crippen LogP contribution in [-0.2, 0) is 6.42 Å². The number of nitrogens with zero attached hydrogens (tertiary/aromatic N) is 1. The maximum absolute atomic E-state index is 11.7. The zero-order chi connectivity index (χ0) is 12.8. The summed E-state index contributed by atoms with van der Waals surface area (Å²) in [6.07, 6.45) is 1.18. The number of amides is 1. The van der Waals surface area contributed by atoms with Crippen molar-refractivity contribution in [2.45, 2.75) is 39.7 Å². The minimum absolute atomic E-state index is 0.168. The third kappa shape index (κ3) is 4.56. The van der Waals surface area contributed by atoms with Crippen LogP contribution in [0.2, 0.25) is 0 Å². The van der Waals surface area contributed by atoms with Gasteiger partial charge in [-0.25, -0.2) is 0 Å². The lowest BCUT2D eigenvalue weighted by Gasteiger charge is -2.13. The largest absolute Gasteiger partial charge is 0.393 e. The molecule has 1 amide bonds. The van der Waals surface area contributed by atoms with E-state index in [4.69, 9.17) is 0 Å². The Hall–Kier alpha value is -1.36. The summed E-state index contributed by atoms with van der Waals surface area (Å²) in [5.74, 6) is 0.0851. The molecule has 0 saturated carbocycles. The highest BCUT2D eigenvalue weighted by atomic mass is 16.3. The summed E-state index contributed by atoms with van der Waals surface area (Å²) in [5, 5.41) is 18.8. The molecule has 96 valence electrons. The van der Waals surface area contributed by atoms with Gasteiger partial charge in [0.1, 0.15) is 5.69 Å². The minimum atomic E-state index is -0.334. The average molecular weight is 239 g/mol. The molecular weight excluding hydrogens is 218 g/mol. The van der Waals surface area contributed by atoms with E-state index < -0.39 is 0 Å². The Morgan fingerprint density at radius 2 is 2.29 bits per heavy atom. The summed E-state index contributed by atoms with van der Waals surface area (Å²) in [5.41, 5.74) is 1.37. The Kier molecular flexibility index (Phi) is 5.15. The predicted molar refractivity (Wildman–Crippen MR) is 65.8 cm³/mol. The summed E-state index contributed by atoms with van der Waals surface area (Å²) >= 11 is 0. The number of aliphatic hydroxyl groups is 1. The van der Waals surface area contributed by atoms with Gasteiger partial charge in [0.25, 0.3) is 5.91 Å². The monoisotopic (exact) mass is 239 g/mol. The first-order valence-corrected chi connectivity index (χ1v) is 6.03. The second-order valence-corrected chi connectivity index (χ2v) is 4.53. The van der Waals surface area contributed by atoms with Gasteiger partial charge in [0.05, 0.1) is 6.10 Å². The first-order chi connectivity index (χ1) is 8.02. The van der Waals surface area contributed by atoms with Crippen LogP contribution in [0.15, 0.2) is 6.07 Å². The predicted octanol–water partition coefficient (Wildman–Crippen LogP) is 1.11. The molecule has 0 saturated heterocycles. The molecule has 0 aromatic carbocycles. The Morgan fingerprint density at radius 3 is 2.82 bits per heavy atom. The molecule has 0 fully saturated rings. The number of carbonyl (C=O) groups excluding carboxylic acids is 1. The van der Waals surface area contributed by atoms with Crippen LogP contribution in [0.3, 0.4) is 0 Å². The van der Waals surface area contributed by atoms with Gasteiger partial charge >= 0.3 is 0 Å². The smallest absolute Gasteiger partial charge is 0.271 e. The van der Waals surface area contributed by atoms with E-state index in [0.717, 1.165) is 12.1 Å². The van der Waals surface area contributed by atoms with Crippen LogP contribution in [-0.4, -0.2) is 33.9 Å². The number of carbonyl (C=O) groups is 1. The molecule has 0 radical (unpaired) electrons. The number of hydrogen-bond donors (Lipinski definition) is 3. The SMILES string of the molecule is CCc1cc(C(=O)NCC(C)CC(C)O)n[nH]1. The van der Waals surface area contributed by atoms with Crippen molar-refractivity contribution in [3.05, 3.63) is 17.5 Å². The van der Waals surface area contributed by atoms with Gasteiger partial charge in [-0.2, -0.15) is 5.10 Å². The van der Waals surface area contributed by atoms with E-state index in [2.05, 4.69) is 15.5 Å². The molecule has 2 unspecified atom stereocenters. The van der Waals surface area contributed by atoms with Gasteiger partial charge in [0.2, 0.25) is 0 Å². The highest BCUT2D eigenvalue weighted by Gasteiger charge is 2.12. The van der Waals surface area contributed by atoms with Crippen LogP contribution in [0.25, 0.3) is 0 Å². The van der Waals surface area contributed by atoms with Gasteiger partial charge in [-0.3, -0.25) is 9.89 Å². The fourth-order valence-electron chi connectivity index (χ4n) is 1.68. The van der Waals surface area contributed by atoms with E-state index in [1.165, 1.54) is 0 Å². The van der Waals surface area contributed by atoms with Crippen LogP contribution in [0.1, 0.15) is 43.4 Å². The molecule has 2 atom stereocenters. The Morgan fingerprint density at radius 1 is 1.59 bits per heavy atom. The van der Waals surface area contributed by atoms with Crippen LogP contribution in [0.4, 0.5) is 0 Å².